The van der Waals surface area contributed by atoms with Crippen LogP contribution in [0.5, 0.6) is 0 Å². The lowest BCUT2D eigenvalue weighted by Crippen LogP contribution is -2.44. The predicted octanol–water partition coefficient (Wildman–Crippen LogP) is 4.00. The number of nitrogens with one attached hydrogen (secondary N) is 1. The van der Waals surface area contributed by atoms with Crippen molar-refractivity contribution in [2.75, 3.05) is 26.2 Å². The number of rotatable bonds is 7. The SMILES string of the molecule is Cc1nn(Cc2ccccc2)c(C)c1CNC(=O)CN1CCOC(c2ccc(Br)cc2)C1. The number of hydrogen-bond donors (Lipinski definition) is 1. The standard InChI is InChI=1S/C25H29BrN4O2/c1-18-23(19(2)30(28-18)15-20-6-4-3-5-7-20)14-27-25(31)17-29-12-13-32-24(16-29)21-8-10-22(26)11-9-21/h3-11,24H,12-17H2,1-2H3,(H,27,31). The van der Waals surface area contributed by atoms with Gasteiger partial charge in [-0.2, -0.15) is 5.10 Å². The third-order valence-electron chi connectivity index (χ3n) is 5.93. The molecule has 0 spiro atoms. The summed E-state index contributed by atoms with van der Waals surface area (Å²) in [6.07, 6.45) is -0.00893. The van der Waals surface area contributed by atoms with Gasteiger partial charge in [-0.15, -0.1) is 0 Å². The van der Waals surface area contributed by atoms with Gasteiger partial charge >= 0.3 is 0 Å². The minimum absolute atomic E-state index is 0.00893. The Morgan fingerprint density at radius 1 is 1.16 bits per heavy atom. The molecule has 0 aliphatic carbocycles. The maximum atomic E-state index is 12.7. The van der Waals surface area contributed by atoms with Crippen molar-refractivity contribution >= 4 is 21.8 Å². The van der Waals surface area contributed by atoms with Gasteiger partial charge in [-0.3, -0.25) is 14.4 Å². The fraction of sp³-hybridized carbons (Fsp3) is 0.360. The topological polar surface area (TPSA) is 59.4 Å². The van der Waals surface area contributed by atoms with Gasteiger partial charge in [0.25, 0.3) is 0 Å². The molecular formula is C25H29BrN4O2. The van der Waals surface area contributed by atoms with E-state index in [0.717, 1.165) is 40.1 Å². The molecule has 0 radical (unpaired) electrons. The Morgan fingerprint density at radius 2 is 1.91 bits per heavy atom. The molecule has 0 bridgehead atoms. The number of ether oxygens (including phenoxy) is 1. The summed E-state index contributed by atoms with van der Waals surface area (Å²) in [6, 6.07) is 18.5. The first kappa shape index (κ1) is 22.7. The number of aromatic nitrogens is 2. The molecule has 32 heavy (non-hydrogen) atoms. The van der Waals surface area contributed by atoms with Crippen LogP contribution in [-0.4, -0.2) is 46.8 Å². The highest BCUT2D eigenvalue weighted by atomic mass is 79.9. The van der Waals surface area contributed by atoms with Crippen LogP contribution in [-0.2, 0) is 22.6 Å². The number of halogens is 1. The summed E-state index contributed by atoms with van der Waals surface area (Å²) < 4.78 is 8.99. The first-order chi connectivity index (χ1) is 15.5. The summed E-state index contributed by atoms with van der Waals surface area (Å²) in [4.78, 5) is 14.8. The highest BCUT2D eigenvalue weighted by molar-refractivity contribution is 9.10. The molecule has 7 heteroatoms. The summed E-state index contributed by atoms with van der Waals surface area (Å²) in [5.74, 6) is 0.0241. The second-order valence-corrected chi connectivity index (χ2v) is 9.13. The summed E-state index contributed by atoms with van der Waals surface area (Å²) in [5.41, 5.74) is 5.48. The van der Waals surface area contributed by atoms with E-state index >= 15 is 0 Å². The largest absolute Gasteiger partial charge is 0.371 e. The van der Waals surface area contributed by atoms with Crippen LogP contribution < -0.4 is 5.32 Å². The Bertz CT molecular complexity index is 1050. The Hall–Kier alpha value is -2.48. The number of nitrogens with zero attached hydrogens (tertiary/aromatic N) is 3. The molecule has 0 saturated carbocycles. The second-order valence-electron chi connectivity index (χ2n) is 8.22. The van der Waals surface area contributed by atoms with Crippen molar-refractivity contribution in [2.24, 2.45) is 0 Å². The first-order valence-corrected chi connectivity index (χ1v) is 11.7. The third-order valence-corrected chi connectivity index (χ3v) is 6.46. The summed E-state index contributed by atoms with van der Waals surface area (Å²) in [7, 11) is 0. The Labute approximate surface area is 197 Å². The van der Waals surface area contributed by atoms with Crippen LogP contribution in [0.3, 0.4) is 0 Å². The predicted molar refractivity (Wildman–Crippen MR) is 128 cm³/mol. The van der Waals surface area contributed by atoms with Gasteiger partial charge in [-0.05, 0) is 37.1 Å². The molecule has 1 aromatic heterocycles. The molecule has 2 heterocycles. The van der Waals surface area contributed by atoms with E-state index in [1.165, 1.54) is 5.56 Å². The van der Waals surface area contributed by atoms with Crippen LogP contribution in [0.1, 0.15) is 34.2 Å². The maximum Gasteiger partial charge on any atom is 0.234 e. The zero-order valence-corrected chi connectivity index (χ0v) is 20.1. The van der Waals surface area contributed by atoms with Crippen LogP contribution >= 0.6 is 15.9 Å². The molecule has 1 unspecified atom stereocenters. The molecule has 168 valence electrons. The minimum Gasteiger partial charge on any atom is -0.371 e. The lowest BCUT2D eigenvalue weighted by molar-refractivity contribution is -0.124. The monoisotopic (exact) mass is 496 g/mol. The molecule has 1 fully saturated rings. The first-order valence-electron chi connectivity index (χ1n) is 10.9. The molecule has 4 rings (SSSR count). The summed E-state index contributed by atoms with van der Waals surface area (Å²) >= 11 is 3.47. The molecule has 2 aromatic carbocycles. The second kappa shape index (κ2) is 10.4. The number of morpholine rings is 1. The molecule has 1 aliphatic rings. The molecule has 1 N–H and O–H groups in total. The van der Waals surface area contributed by atoms with E-state index in [9.17, 15) is 4.79 Å². The Balaban J connectivity index is 1.31. The third kappa shape index (κ3) is 5.65. The molecule has 6 nitrogen and oxygen atoms in total. The van der Waals surface area contributed by atoms with E-state index in [0.29, 0.717) is 26.2 Å². The van der Waals surface area contributed by atoms with Gasteiger partial charge in [0.1, 0.15) is 0 Å². The number of aryl methyl sites for hydroxylation is 1. The lowest BCUT2D eigenvalue weighted by atomic mass is 10.1. The van der Waals surface area contributed by atoms with E-state index in [-0.39, 0.29) is 12.0 Å². The highest BCUT2D eigenvalue weighted by Gasteiger charge is 2.23. The van der Waals surface area contributed by atoms with Crippen LogP contribution in [0.25, 0.3) is 0 Å². The fourth-order valence-electron chi connectivity index (χ4n) is 4.07. The van der Waals surface area contributed by atoms with Gasteiger partial charge in [0.15, 0.2) is 0 Å². The van der Waals surface area contributed by atoms with E-state index < -0.39 is 0 Å². The molecule has 1 atom stereocenters. The highest BCUT2D eigenvalue weighted by Crippen LogP contribution is 2.23. The van der Waals surface area contributed by atoms with Gasteiger partial charge in [-0.1, -0.05) is 58.4 Å². The molecule has 3 aromatic rings. The number of benzene rings is 2. The van der Waals surface area contributed by atoms with Crippen molar-refractivity contribution in [1.82, 2.24) is 20.0 Å². The van der Waals surface area contributed by atoms with Gasteiger partial charge < -0.3 is 10.1 Å². The smallest absolute Gasteiger partial charge is 0.234 e. The maximum absolute atomic E-state index is 12.7. The summed E-state index contributed by atoms with van der Waals surface area (Å²) in [6.45, 7) is 7.75. The van der Waals surface area contributed by atoms with Crippen molar-refractivity contribution < 1.29 is 9.53 Å². The van der Waals surface area contributed by atoms with E-state index in [1.807, 2.05) is 41.9 Å². The lowest BCUT2D eigenvalue weighted by Gasteiger charge is -2.32. The van der Waals surface area contributed by atoms with Crippen LogP contribution in [0, 0.1) is 13.8 Å². The molecular weight excluding hydrogens is 468 g/mol. The van der Waals surface area contributed by atoms with Crippen LogP contribution in [0.2, 0.25) is 0 Å². The number of carbonyl (C=O) groups is 1. The van der Waals surface area contributed by atoms with Crippen molar-refractivity contribution in [1.29, 1.82) is 0 Å². The molecule has 1 amide bonds. The average Bonchev–Trinajstić information content (AvgIpc) is 3.06. The van der Waals surface area contributed by atoms with Crippen LogP contribution in [0.4, 0.5) is 0 Å². The Morgan fingerprint density at radius 3 is 2.66 bits per heavy atom. The zero-order valence-electron chi connectivity index (χ0n) is 18.6. The van der Waals surface area contributed by atoms with E-state index in [1.54, 1.807) is 0 Å². The van der Waals surface area contributed by atoms with Crippen molar-refractivity contribution in [3.8, 4) is 0 Å². The van der Waals surface area contributed by atoms with E-state index in [4.69, 9.17) is 4.74 Å². The van der Waals surface area contributed by atoms with Gasteiger partial charge in [0.05, 0.1) is 31.5 Å². The fourth-order valence-corrected chi connectivity index (χ4v) is 4.34. The van der Waals surface area contributed by atoms with Crippen molar-refractivity contribution in [3.63, 3.8) is 0 Å². The Kier molecular flexibility index (Phi) is 7.40. The minimum atomic E-state index is -0.00893. The average molecular weight is 497 g/mol. The molecule has 1 aliphatic heterocycles. The summed E-state index contributed by atoms with van der Waals surface area (Å²) in [5, 5.41) is 7.77. The van der Waals surface area contributed by atoms with Gasteiger partial charge in [0.2, 0.25) is 5.91 Å². The number of carbonyl (C=O) groups excluding carboxylic acids is 1. The normalized spacial score (nSPS) is 16.8. The van der Waals surface area contributed by atoms with E-state index in [2.05, 4.69) is 62.4 Å². The van der Waals surface area contributed by atoms with Crippen LogP contribution in [0.15, 0.2) is 59.1 Å². The zero-order chi connectivity index (χ0) is 22.5. The van der Waals surface area contributed by atoms with Gasteiger partial charge in [-0.25, -0.2) is 0 Å². The van der Waals surface area contributed by atoms with Crippen molar-refractivity contribution in [2.45, 2.75) is 33.0 Å². The molecule has 1 saturated heterocycles. The van der Waals surface area contributed by atoms with Crippen molar-refractivity contribution in [3.05, 3.63) is 87.1 Å². The quantitative estimate of drug-likeness (QED) is 0.536. The van der Waals surface area contributed by atoms with Gasteiger partial charge in [0, 0.05) is 35.4 Å². The number of hydrogen-bond acceptors (Lipinski definition) is 4. The number of amides is 1.